The van der Waals surface area contributed by atoms with Gasteiger partial charge in [0.25, 0.3) is 0 Å². The number of fused-ring (bicyclic) bond motifs is 1. The highest BCUT2D eigenvalue weighted by molar-refractivity contribution is 5.90. The Morgan fingerprint density at radius 3 is 2.68 bits per heavy atom. The van der Waals surface area contributed by atoms with Crippen LogP contribution in [0.15, 0.2) is 60.9 Å². The van der Waals surface area contributed by atoms with Crippen LogP contribution in [0.2, 0.25) is 0 Å². The molecule has 0 saturated heterocycles. The Hall–Kier alpha value is -3.41. The fourth-order valence-electron chi connectivity index (χ4n) is 3.54. The van der Waals surface area contributed by atoms with Crippen molar-refractivity contribution in [1.82, 2.24) is 19.9 Å². The summed E-state index contributed by atoms with van der Waals surface area (Å²) in [4.78, 5) is 20.6. The van der Waals surface area contributed by atoms with E-state index in [2.05, 4.69) is 15.3 Å². The lowest BCUT2D eigenvalue weighted by molar-refractivity contribution is -0.121. The number of halogens is 1. The Balaban J connectivity index is 1.63. The zero-order valence-corrected chi connectivity index (χ0v) is 15.7. The molecular formula is C22H21FN4O. The summed E-state index contributed by atoms with van der Waals surface area (Å²) in [7, 11) is 1.87. The fourth-order valence-corrected chi connectivity index (χ4v) is 3.54. The van der Waals surface area contributed by atoms with Gasteiger partial charge < -0.3 is 14.9 Å². The molecule has 1 atom stereocenters. The number of amides is 1. The van der Waals surface area contributed by atoms with Gasteiger partial charge in [-0.1, -0.05) is 30.3 Å². The second-order valence-corrected chi connectivity index (χ2v) is 6.90. The molecular weight excluding hydrogens is 355 g/mol. The molecule has 2 aromatic heterocycles. The van der Waals surface area contributed by atoms with Crippen molar-refractivity contribution in [2.75, 3.05) is 0 Å². The van der Waals surface area contributed by atoms with Crippen LogP contribution in [0.3, 0.4) is 0 Å². The summed E-state index contributed by atoms with van der Waals surface area (Å²) in [5.41, 5.74) is 3.75. The monoisotopic (exact) mass is 376 g/mol. The van der Waals surface area contributed by atoms with E-state index >= 15 is 0 Å². The molecule has 4 aromatic rings. The molecule has 5 nitrogen and oxygen atoms in total. The second kappa shape index (κ2) is 7.31. The number of nitrogens with zero attached hydrogens (tertiary/aromatic N) is 2. The molecule has 28 heavy (non-hydrogen) atoms. The highest BCUT2D eigenvalue weighted by atomic mass is 19.1. The van der Waals surface area contributed by atoms with Gasteiger partial charge in [0.15, 0.2) is 0 Å². The number of aromatic amines is 1. The van der Waals surface area contributed by atoms with Gasteiger partial charge in [0, 0.05) is 36.0 Å². The minimum Gasteiger partial charge on any atom is -0.358 e. The summed E-state index contributed by atoms with van der Waals surface area (Å²) in [6, 6.07) is 13.6. The molecule has 0 aliphatic rings. The predicted octanol–water partition coefficient (Wildman–Crippen LogP) is 3.80. The van der Waals surface area contributed by atoms with Crippen molar-refractivity contribution < 1.29 is 9.18 Å². The van der Waals surface area contributed by atoms with E-state index in [4.69, 9.17) is 0 Å². The van der Waals surface area contributed by atoms with Gasteiger partial charge in [-0.15, -0.1) is 0 Å². The average molecular weight is 376 g/mol. The molecule has 142 valence electrons. The van der Waals surface area contributed by atoms with Crippen LogP contribution in [-0.4, -0.2) is 20.4 Å². The molecule has 0 aliphatic carbocycles. The summed E-state index contributed by atoms with van der Waals surface area (Å²) < 4.78 is 15.2. The smallest absolute Gasteiger partial charge is 0.225 e. The number of hydrogen-bond acceptors (Lipinski definition) is 2. The average Bonchev–Trinajstić information content (AvgIpc) is 3.24. The zero-order valence-electron chi connectivity index (χ0n) is 15.7. The highest BCUT2D eigenvalue weighted by Crippen LogP contribution is 2.24. The number of para-hydroxylation sites is 1. The van der Waals surface area contributed by atoms with Gasteiger partial charge in [-0.2, -0.15) is 0 Å². The number of rotatable bonds is 5. The quantitative estimate of drug-likeness (QED) is 0.557. The first kappa shape index (κ1) is 18.0. The van der Waals surface area contributed by atoms with Gasteiger partial charge in [-0.25, -0.2) is 9.37 Å². The van der Waals surface area contributed by atoms with Gasteiger partial charge in [0.05, 0.1) is 6.42 Å². The maximum Gasteiger partial charge on any atom is 0.225 e. The number of carbonyl (C=O) groups is 1. The van der Waals surface area contributed by atoms with Crippen molar-refractivity contribution >= 4 is 16.8 Å². The molecule has 0 bridgehead atoms. The van der Waals surface area contributed by atoms with Gasteiger partial charge in [0.2, 0.25) is 5.91 Å². The van der Waals surface area contributed by atoms with E-state index in [1.54, 1.807) is 18.3 Å². The van der Waals surface area contributed by atoms with E-state index in [1.807, 2.05) is 49.0 Å². The van der Waals surface area contributed by atoms with Gasteiger partial charge in [0.1, 0.15) is 17.7 Å². The first-order chi connectivity index (χ1) is 13.5. The van der Waals surface area contributed by atoms with Crippen molar-refractivity contribution in [2.24, 2.45) is 7.05 Å². The van der Waals surface area contributed by atoms with Crippen molar-refractivity contribution in [3.05, 3.63) is 89.4 Å². The third kappa shape index (κ3) is 3.41. The van der Waals surface area contributed by atoms with Crippen LogP contribution in [0.25, 0.3) is 10.9 Å². The Morgan fingerprint density at radius 2 is 1.96 bits per heavy atom. The van der Waals surface area contributed by atoms with Crippen molar-refractivity contribution in [3.8, 4) is 0 Å². The standard InChI is InChI=1S/C22H21FN4O/c1-14-18(17-5-3-4-6-19(17)25-14)13-20(28)26-21(22-24-11-12-27(22)2)15-7-9-16(23)10-8-15/h3-12,21,25H,13H2,1-2H3,(H,26,28)/t21-/m0/s1. The number of aromatic nitrogens is 3. The Bertz CT molecular complexity index is 1130. The fraction of sp³-hybridized carbons (Fsp3) is 0.182. The van der Waals surface area contributed by atoms with Crippen LogP contribution >= 0.6 is 0 Å². The molecule has 4 rings (SSSR count). The highest BCUT2D eigenvalue weighted by Gasteiger charge is 2.22. The van der Waals surface area contributed by atoms with E-state index in [0.29, 0.717) is 5.82 Å². The molecule has 0 saturated carbocycles. The molecule has 1 amide bonds. The molecule has 2 N–H and O–H groups in total. The van der Waals surface area contributed by atoms with E-state index in [-0.39, 0.29) is 18.1 Å². The summed E-state index contributed by atoms with van der Waals surface area (Å²) >= 11 is 0. The Kier molecular flexibility index (Phi) is 4.69. The Labute approximate surface area is 162 Å². The van der Waals surface area contributed by atoms with E-state index in [9.17, 15) is 9.18 Å². The van der Waals surface area contributed by atoms with E-state index < -0.39 is 6.04 Å². The zero-order chi connectivity index (χ0) is 19.7. The maximum atomic E-state index is 13.4. The van der Waals surface area contributed by atoms with E-state index in [1.165, 1.54) is 12.1 Å². The summed E-state index contributed by atoms with van der Waals surface area (Å²) in [5.74, 6) is 0.254. The van der Waals surface area contributed by atoms with Gasteiger partial charge in [-0.05, 0) is 36.2 Å². The van der Waals surface area contributed by atoms with Gasteiger partial charge >= 0.3 is 0 Å². The molecule has 2 heterocycles. The minimum atomic E-state index is -0.460. The van der Waals surface area contributed by atoms with E-state index in [0.717, 1.165) is 27.7 Å². The minimum absolute atomic E-state index is 0.120. The molecule has 0 fully saturated rings. The molecule has 2 aromatic carbocycles. The lowest BCUT2D eigenvalue weighted by Crippen LogP contribution is -2.32. The predicted molar refractivity (Wildman–Crippen MR) is 106 cm³/mol. The van der Waals surface area contributed by atoms with Crippen LogP contribution in [0, 0.1) is 12.7 Å². The number of benzene rings is 2. The first-order valence-electron chi connectivity index (χ1n) is 9.11. The summed E-state index contributed by atoms with van der Waals surface area (Å²) in [6.45, 7) is 1.97. The SMILES string of the molecule is Cc1[nH]c2ccccc2c1CC(=O)N[C@@H](c1ccc(F)cc1)c1nccn1C. The molecule has 0 spiro atoms. The molecule has 6 heteroatoms. The summed E-state index contributed by atoms with van der Waals surface area (Å²) in [6.07, 6.45) is 3.75. The number of H-pyrrole nitrogens is 1. The van der Waals surface area contributed by atoms with Crippen molar-refractivity contribution in [1.29, 1.82) is 0 Å². The van der Waals surface area contributed by atoms with Crippen LogP contribution in [0.1, 0.15) is 28.7 Å². The number of aryl methyl sites for hydroxylation is 2. The number of imidazole rings is 1. The lowest BCUT2D eigenvalue weighted by Gasteiger charge is -2.19. The van der Waals surface area contributed by atoms with Crippen molar-refractivity contribution in [3.63, 3.8) is 0 Å². The van der Waals surface area contributed by atoms with Crippen molar-refractivity contribution in [2.45, 2.75) is 19.4 Å². The molecule has 0 unspecified atom stereocenters. The summed E-state index contributed by atoms with van der Waals surface area (Å²) in [5, 5.41) is 4.11. The second-order valence-electron chi connectivity index (χ2n) is 6.90. The van der Waals surface area contributed by atoms with Crippen LogP contribution < -0.4 is 5.32 Å². The number of carbonyl (C=O) groups excluding carboxylic acids is 1. The third-order valence-electron chi connectivity index (χ3n) is 4.99. The molecule has 0 aliphatic heterocycles. The van der Waals surface area contributed by atoms with Crippen LogP contribution in [0.4, 0.5) is 4.39 Å². The lowest BCUT2D eigenvalue weighted by atomic mass is 10.0. The first-order valence-corrected chi connectivity index (χ1v) is 9.11. The Morgan fingerprint density at radius 1 is 1.21 bits per heavy atom. The third-order valence-corrected chi connectivity index (χ3v) is 4.99. The number of nitrogens with one attached hydrogen (secondary N) is 2. The maximum absolute atomic E-state index is 13.4. The normalized spacial score (nSPS) is 12.2. The number of hydrogen-bond donors (Lipinski definition) is 2. The molecule has 0 radical (unpaired) electrons. The largest absolute Gasteiger partial charge is 0.358 e. The topological polar surface area (TPSA) is 62.7 Å². The van der Waals surface area contributed by atoms with Crippen LogP contribution in [0.5, 0.6) is 0 Å². The van der Waals surface area contributed by atoms with Crippen LogP contribution in [-0.2, 0) is 18.3 Å². The van der Waals surface area contributed by atoms with Gasteiger partial charge in [-0.3, -0.25) is 4.79 Å².